The SMILES string of the molecule is O=C(O)N1CC(CO)CC(OCc2ccccc2)C1. The van der Waals surface area contributed by atoms with E-state index in [1.807, 2.05) is 30.3 Å². The molecule has 1 saturated heterocycles. The average Bonchev–Trinajstić information content (AvgIpc) is 2.45. The number of benzene rings is 1. The Morgan fingerprint density at radius 1 is 1.32 bits per heavy atom. The molecule has 1 fully saturated rings. The maximum atomic E-state index is 11.0. The number of carbonyl (C=O) groups is 1. The summed E-state index contributed by atoms with van der Waals surface area (Å²) in [5.41, 5.74) is 1.07. The molecule has 1 aliphatic rings. The van der Waals surface area contributed by atoms with Crippen LogP contribution in [0.1, 0.15) is 12.0 Å². The van der Waals surface area contributed by atoms with Crippen molar-refractivity contribution in [1.82, 2.24) is 4.90 Å². The molecule has 19 heavy (non-hydrogen) atoms. The standard InChI is InChI=1S/C14H19NO4/c16-9-12-6-13(8-15(7-12)14(17)18)19-10-11-4-2-1-3-5-11/h1-5,12-13,16H,6-10H2,(H,17,18). The van der Waals surface area contributed by atoms with Crippen LogP contribution in [0.4, 0.5) is 4.79 Å². The smallest absolute Gasteiger partial charge is 0.407 e. The Hall–Kier alpha value is -1.59. The Morgan fingerprint density at radius 2 is 2.05 bits per heavy atom. The van der Waals surface area contributed by atoms with Crippen LogP contribution in [-0.2, 0) is 11.3 Å². The minimum atomic E-state index is -0.952. The van der Waals surface area contributed by atoms with Crippen LogP contribution >= 0.6 is 0 Å². The normalized spacial score (nSPS) is 23.3. The number of carboxylic acid groups (broad SMARTS) is 1. The molecular formula is C14H19NO4. The van der Waals surface area contributed by atoms with Crippen molar-refractivity contribution in [2.45, 2.75) is 19.1 Å². The third-order valence-corrected chi connectivity index (χ3v) is 3.36. The fourth-order valence-corrected chi connectivity index (χ4v) is 2.35. The summed E-state index contributed by atoms with van der Waals surface area (Å²) in [5, 5.41) is 18.3. The molecule has 104 valence electrons. The maximum Gasteiger partial charge on any atom is 0.407 e. The number of hydrogen-bond acceptors (Lipinski definition) is 3. The molecule has 0 radical (unpaired) electrons. The van der Waals surface area contributed by atoms with Crippen LogP contribution in [0.25, 0.3) is 0 Å². The van der Waals surface area contributed by atoms with E-state index in [0.29, 0.717) is 26.1 Å². The molecule has 2 atom stereocenters. The summed E-state index contributed by atoms with van der Waals surface area (Å²) in [5.74, 6) is -0.0365. The van der Waals surface area contributed by atoms with Gasteiger partial charge in [-0.3, -0.25) is 0 Å². The quantitative estimate of drug-likeness (QED) is 0.867. The number of hydrogen-bond donors (Lipinski definition) is 2. The molecule has 1 amide bonds. The van der Waals surface area contributed by atoms with Gasteiger partial charge in [0.05, 0.1) is 19.3 Å². The predicted octanol–water partition coefficient (Wildman–Crippen LogP) is 1.56. The lowest BCUT2D eigenvalue weighted by Gasteiger charge is -2.35. The highest BCUT2D eigenvalue weighted by atomic mass is 16.5. The minimum Gasteiger partial charge on any atom is -0.465 e. The zero-order valence-electron chi connectivity index (χ0n) is 10.7. The van der Waals surface area contributed by atoms with Crippen molar-refractivity contribution in [3.63, 3.8) is 0 Å². The Morgan fingerprint density at radius 3 is 2.68 bits per heavy atom. The topological polar surface area (TPSA) is 70.0 Å². The molecular weight excluding hydrogens is 246 g/mol. The van der Waals surface area contributed by atoms with Crippen molar-refractivity contribution in [1.29, 1.82) is 0 Å². The van der Waals surface area contributed by atoms with Gasteiger partial charge >= 0.3 is 6.09 Å². The van der Waals surface area contributed by atoms with Crippen LogP contribution in [-0.4, -0.2) is 47.0 Å². The third-order valence-electron chi connectivity index (χ3n) is 3.36. The summed E-state index contributed by atoms with van der Waals surface area (Å²) < 4.78 is 5.77. The molecule has 1 aromatic rings. The highest BCUT2D eigenvalue weighted by Gasteiger charge is 2.29. The highest BCUT2D eigenvalue weighted by Crippen LogP contribution is 2.20. The molecule has 1 aliphatic heterocycles. The molecule has 2 unspecified atom stereocenters. The molecule has 0 saturated carbocycles. The van der Waals surface area contributed by atoms with Crippen molar-refractivity contribution < 1.29 is 19.7 Å². The number of piperidine rings is 1. The van der Waals surface area contributed by atoms with Gasteiger partial charge in [-0.25, -0.2) is 4.79 Å². The van der Waals surface area contributed by atoms with Gasteiger partial charge in [0.15, 0.2) is 0 Å². The third kappa shape index (κ3) is 3.94. The Labute approximate surface area is 112 Å². The second kappa shape index (κ2) is 6.54. The van der Waals surface area contributed by atoms with Gasteiger partial charge < -0.3 is 19.8 Å². The molecule has 0 aliphatic carbocycles. The van der Waals surface area contributed by atoms with Gasteiger partial charge in [-0.1, -0.05) is 30.3 Å². The summed E-state index contributed by atoms with van der Waals surface area (Å²) in [4.78, 5) is 12.3. The Kier molecular flexibility index (Phi) is 4.76. The Bertz CT molecular complexity index is 409. The van der Waals surface area contributed by atoms with Crippen molar-refractivity contribution in [3.05, 3.63) is 35.9 Å². The number of ether oxygens (including phenoxy) is 1. The summed E-state index contributed by atoms with van der Waals surface area (Å²) in [6.45, 7) is 1.22. The number of amides is 1. The second-order valence-electron chi connectivity index (χ2n) is 4.89. The average molecular weight is 265 g/mol. The summed E-state index contributed by atoms with van der Waals surface area (Å²) in [6, 6.07) is 9.78. The van der Waals surface area contributed by atoms with E-state index in [0.717, 1.165) is 5.56 Å². The number of aliphatic hydroxyl groups is 1. The fraction of sp³-hybridized carbons (Fsp3) is 0.500. The molecule has 1 heterocycles. The van der Waals surface area contributed by atoms with Gasteiger partial charge in [0, 0.05) is 19.1 Å². The fourth-order valence-electron chi connectivity index (χ4n) is 2.35. The number of likely N-dealkylation sites (tertiary alicyclic amines) is 1. The molecule has 2 rings (SSSR count). The van der Waals surface area contributed by atoms with Crippen LogP contribution in [0.15, 0.2) is 30.3 Å². The monoisotopic (exact) mass is 265 g/mol. The van der Waals surface area contributed by atoms with Crippen molar-refractivity contribution in [2.24, 2.45) is 5.92 Å². The summed E-state index contributed by atoms with van der Waals surface area (Å²) >= 11 is 0. The zero-order valence-corrected chi connectivity index (χ0v) is 10.7. The van der Waals surface area contributed by atoms with Crippen LogP contribution < -0.4 is 0 Å². The van der Waals surface area contributed by atoms with Gasteiger partial charge in [0.1, 0.15) is 0 Å². The zero-order chi connectivity index (χ0) is 13.7. The maximum absolute atomic E-state index is 11.0. The summed E-state index contributed by atoms with van der Waals surface area (Å²) in [7, 11) is 0. The predicted molar refractivity (Wildman–Crippen MR) is 69.8 cm³/mol. The van der Waals surface area contributed by atoms with E-state index in [2.05, 4.69) is 0 Å². The van der Waals surface area contributed by atoms with Crippen LogP contribution in [0.3, 0.4) is 0 Å². The highest BCUT2D eigenvalue weighted by molar-refractivity contribution is 5.65. The summed E-state index contributed by atoms with van der Waals surface area (Å²) in [6.07, 6.45) is -0.402. The van der Waals surface area contributed by atoms with E-state index in [1.165, 1.54) is 4.90 Å². The molecule has 2 N–H and O–H groups in total. The molecule has 5 nitrogen and oxygen atoms in total. The van der Waals surface area contributed by atoms with E-state index in [-0.39, 0.29) is 18.6 Å². The molecule has 5 heteroatoms. The molecule has 0 spiro atoms. The Balaban J connectivity index is 1.90. The largest absolute Gasteiger partial charge is 0.465 e. The lowest BCUT2D eigenvalue weighted by molar-refractivity contribution is -0.0316. The van der Waals surface area contributed by atoms with Crippen molar-refractivity contribution in [3.8, 4) is 0 Å². The first kappa shape index (κ1) is 13.8. The minimum absolute atomic E-state index is 0.00498. The van der Waals surface area contributed by atoms with Gasteiger partial charge in [-0.05, 0) is 12.0 Å². The lowest BCUT2D eigenvalue weighted by Crippen LogP contribution is -2.47. The molecule has 1 aromatic carbocycles. The van der Waals surface area contributed by atoms with E-state index in [4.69, 9.17) is 9.84 Å². The van der Waals surface area contributed by atoms with Crippen molar-refractivity contribution >= 4 is 6.09 Å². The van der Waals surface area contributed by atoms with E-state index in [9.17, 15) is 9.90 Å². The van der Waals surface area contributed by atoms with Crippen LogP contribution in [0, 0.1) is 5.92 Å². The van der Waals surface area contributed by atoms with Crippen molar-refractivity contribution in [2.75, 3.05) is 19.7 Å². The van der Waals surface area contributed by atoms with Gasteiger partial charge in [-0.2, -0.15) is 0 Å². The van der Waals surface area contributed by atoms with Gasteiger partial charge in [0.25, 0.3) is 0 Å². The lowest BCUT2D eigenvalue weighted by atomic mass is 9.97. The number of nitrogens with zero attached hydrogens (tertiary/aromatic N) is 1. The first-order valence-corrected chi connectivity index (χ1v) is 6.43. The number of rotatable bonds is 4. The van der Waals surface area contributed by atoms with Gasteiger partial charge in [-0.15, -0.1) is 0 Å². The molecule has 0 aromatic heterocycles. The molecule has 0 bridgehead atoms. The van der Waals surface area contributed by atoms with Crippen LogP contribution in [0.2, 0.25) is 0 Å². The second-order valence-corrected chi connectivity index (χ2v) is 4.89. The van der Waals surface area contributed by atoms with Gasteiger partial charge in [0.2, 0.25) is 0 Å². The van der Waals surface area contributed by atoms with E-state index < -0.39 is 6.09 Å². The van der Waals surface area contributed by atoms with E-state index >= 15 is 0 Å². The number of aliphatic hydroxyl groups excluding tert-OH is 1. The first-order valence-electron chi connectivity index (χ1n) is 6.43. The van der Waals surface area contributed by atoms with E-state index in [1.54, 1.807) is 0 Å². The first-order chi connectivity index (χ1) is 9.19. The van der Waals surface area contributed by atoms with Crippen LogP contribution in [0.5, 0.6) is 0 Å².